The number of rotatable bonds is 3. The first-order valence-corrected chi connectivity index (χ1v) is 7.62. The molecule has 0 bridgehead atoms. The molecule has 2 aromatic heterocycles. The second-order valence-electron chi connectivity index (χ2n) is 5.28. The molecule has 5 nitrogen and oxygen atoms in total. The molecule has 2 aromatic rings. The van der Waals surface area contributed by atoms with E-state index in [4.69, 9.17) is 11.6 Å². The summed E-state index contributed by atoms with van der Waals surface area (Å²) in [6.45, 7) is 4.01. The molecule has 0 radical (unpaired) electrons. The van der Waals surface area contributed by atoms with Crippen molar-refractivity contribution in [3.8, 4) is 0 Å². The standard InChI is InChI=1S/C16H17ClN4O/c17-14-3-6-19-15(11-14)16(22)21-9-7-20(8-10-21)12-13-1-4-18-5-2-13/h1-6,11H,7-10,12H2. The lowest BCUT2D eigenvalue weighted by Gasteiger charge is -2.34. The molecule has 0 aliphatic carbocycles. The summed E-state index contributed by atoms with van der Waals surface area (Å²) >= 11 is 5.92. The van der Waals surface area contributed by atoms with E-state index in [0.717, 1.165) is 19.6 Å². The predicted molar refractivity (Wildman–Crippen MR) is 84.7 cm³/mol. The Morgan fingerprint density at radius 1 is 1.09 bits per heavy atom. The Bertz CT molecular complexity index is 642. The van der Waals surface area contributed by atoms with Crippen LogP contribution in [0.15, 0.2) is 42.9 Å². The lowest BCUT2D eigenvalue weighted by Crippen LogP contribution is -2.48. The van der Waals surface area contributed by atoms with E-state index in [1.807, 2.05) is 17.0 Å². The Morgan fingerprint density at radius 2 is 1.82 bits per heavy atom. The Hall–Kier alpha value is -1.98. The number of amides is 1. The third-order valence-electron chi connectivity index (χ3n) is 3.76. The second-order valence-corrected chi connectivity index (χ2v) is 5.72. The molecule has 22 heavy (non-hydrogen) atoms. The molecule has 3 heterocycles. The van der Waals surface area contributed by atoms with E-state index in [1.54, 1.807) is 30.7 Å². The summed E-state index contributed by atoms with van der Waals surface area (Å²) in [5.41, 5.74) is 1.65. The van der Waals surface area contributed by atoms with Crippen molar-refractivity contribution in [2.24, 2.45) is 0 Å². The summed E-state index contributed by atoms with van der Waals surface area (Å²) in [5, 5.41) is 0.537. The summed E-state index contributed by atoms with van der Waals surface area (Å²) in [7, 11) is 0. The van der Waals surface area contributed by atoms with E-state index in [2.05, 4.69) is 14.9 Å². The van der Waals surface area contributed by atoms with Crippen LogP contribution in [-0.2, 0) is 6.54 Å². The van der Waals surface area contributed by atoms with Gasteiger partial charge in [0.1, 0.15) is 5.69 Å². The molecule has 6 heteroatoms. The summed E-state index contributed by atoms with van der Waals surface area (Å²) in [4.78, 5) is 24.7. The molecule has 3 rings (SSSR count). The Kier molecular flexibility index (Phi) is 4.65. The number of hydrogen-bond acceptors (Lipinski definition) is 4. The summed E-state index contributed by atoms with van der Waals surface area (Å²) in [6.07, 6.45) is 5.18. The van der Waals surface area contributed by atoms with Crippen LogP contribution in [-0.4, -0.2) is 51.9 Å². The van der Waals surface area contributed by atoms with Gasteiger partial charge in [-0.05, 0) is 29.8 Å². The summed E-state index contributed by atoms with van der Waals surface area (Å²) in [6, 6.07) is 7.33. The van der Waals surface area contributed by atoms with Gasteiger partial charge in [-0.25, -0.2) is 0 Å². The fourth-order valence-corrected chi connectivity index (χ4v) is 2.70. The number of aromatic nitrogens is 2. The molecule has 1 fully saturated rings. The van der Waals surface area contributed by atoms with Crippen LogP contribution in [0.2, 0.25) is 5.02 Å². The molecule has 0 unspecified atom stereocenters. The van der Waals surface area contributed by atoms with Crippen LogP contribution in [0.25, 0.3) is 0 Å². The minimum atomic E-state index is -0.0499. The number of carbonyl (C=O) groups excluding carboxylic acids is 1. The van der Waals surface area contributed by atoms with Crippen LogP contribution in [0.1, 0.15) is 16.1 Å². The Morgan fingerprint density at radius 3 is 2.50 bits per heavy atom. The third kappa shape index (κ3) is 3.61. The zero-order chi connectivity index (χ0) is 15.4. The average molecular weight is 317 g/mol. The van der Waals surface area contributed by atoms with Gasteiger partial charge in [-0.2, -0.15) is 0 Å². The normalized spacial score (nSPS) is 15.8. The highest BCUT2D eigenvalue weighted by Gasteiger charge is 2.23. The van der Waals surface area contributed by atoms with Crippen LogP contribution in [0, 0.1) is 0 Å². The molecule has 0 saturated carbocycles. The van der Waals surface area contributed by atoms with Crippen molar-refractivity contribution in [3.05, 3.63) is 59.1 Å². The van der Waals surface area contributed by atoms with Crippen molar-refractivity contribution in [3.63, 3.8) is 0 Å². The zero-order valence-electron chi connectivity index (χ0n) is 12.2. The van der Waals surface area contributed by atoms with E-state index in [1.165, 1.54) is 5.56 Å². The van der Waals surface area contributed by atoms with Gasteiger partial charge >= 0.3 is 0 Å². The summed E-state index contributed by atoms with van der Waals surface area (Å²) in [5.74, 6) is -0.0499. The Labute approximate surface area is 134 Å². The smallest absolute Gasteiger partial charge is 0.272 e. The highest BCUT2D eigenvalue weighted by atomic mass is 35.5. The third-order valence-corrected chi connectivity index (χ3v) is 3.99. The maximum atomic E-state index is 12.4. The predicted octanol–water partition coefficient (Wildman–Crippen LogP) is 2.09. The van der Waals surface area contributed by atoms with E-state index < -0.39 is 0 Å². The molecule has 1 aliphatic rings. The molecular weight excluding hydrogens is 300 g/mol. The first kappa shape index (κ1) is 14.9. The molecule has 0 N–H and O–H groups in total. The Balaban J connectivity index is 1.56. The van der Waals surface area contributed by atoms with Gasteiger partial charge in [-0.1, -0.05) is 11.6 Å². The van der Waals surface area contributed by atoms with E-state index >= 15 is 0 Å². The van der Waals surface area contributed by atoms with Crippen LogP contribution >= 0.6 is 11.6 Å². The quantitative estimate of drug-likeness (QED) is 0.870. The molecule has 114 valence electrons. The number of pyridine rings is 2. The second kappa shape index (κ2) is 6.85. The highest BCUT2D eigenvalue weighted by molar-refractivity contribution is 6.30. The minimum absolute atomic E-state index is 0.0499. The maximum Gasteiger partial charge on any atom is 0.272 e. The molecule has 0 aromatic carbocycles. The van der Waals surface area contributed by atoms with Crippen molar-refractivity contribution >= 4 is 17.5 Å². The monoisotopic (exact) mass is 316 g/mol. The SMILES string of the molecule is O=C(c1cc(Cl)ccn1)N1CCN(Cc2ccncc2)CC1. The van der Waals surface area contributed by atoms with Crippen molar-refractivity contribution in [2.45, 2.75) is 6.54 Å². The van der Waals surface area contributed by atoms with Crippen LogP contribution in [0.3, 0.4) is 0 Å². The topological polar surface area (TPSA) is 49.3 Å². The first-order valence-electron chi connectivity index (χ1n) is 7.24. The first-order chi connectivity index (χ1) is 10.7. The van der Waals surface area contributed by atoms with Crippen LogP contribution < -0.4 is 0 Å². The van der Waals surface area contributed by atoms with Crippen molar-refractivity contribution in [1.29, 1.82) is 0 Å². The number of halogens is 1. The van der Waals surface area contributed by atoms with Crippen LogP contribution in [0.5, 0.6) is 0 Å². The number of hydrogen-bond donors (Lipinski definition) is 0. The van der Waals surface area contributed by atoms with Crippen LogP contribution in [0.4, 0.5) is 0 Å². The van der Waals surface area contributed by atoms with Gasteiger partial charge in [0.05, 0.1) is 0 Å². The van der Waals surface area contributed by atoms with E-state index in [9.17, 15) is 4.79 Å². The van der Waals surface area contributed by atoms with Crippen molar-refractivity contribution in [2.75, 3.05) is 26.2 Å². The van der Waals surface area contributed by atoms with E-state index in [-0.39, 0.29) is 5.91 Å². The van der Waals surface area contributed by atoms with Gasteiger partial charge in [0.15, 0.2) is 0 Å². The minimum Gasteiger partial charge on any atom is -0.335 e. The largest absolute Gasteiger partial charge is 0.335 e. The molecule has 1 saturated heterocycles. The molecular formula is C16H17ClN4O. The lowest BCUT2D eigenvalue weighted by atomic mass is 10.2. The van der Waals surface area contributed by atoms with Gasteiger partial charge in [0.25, 0.3) is 5.91 Å². The maximum absolute atomic E-state index is 12.4. The van der Waals surface area contributed by atoms with Gasteiger partial charge in [-0.3, -0.25) is 19.7 Å². The molecule has 1 amide bonds. The fourth-order valence-electron chi connectivity index (χ4n) is 2.54. The molecule has 0 spiro atoms. The summed E-state index contributed by atoms with van der Waals surface area (Å²) < 4.78 is 0. The fraction of sp³-hybridized carbons (Fsp3) is 0.312. The zero-order valence-corrected chi connectivity index (χ0v) is 12.9. The lowest BCUT2D eigenvalue weighted by molar-refractivity contribution is 0.0622. The van der Waals surface area contributed by atoms with Gasteiger partial charge in [0, 0.05) is 56.3 Å². The number of piperazine rings is 1. The average Bonchev–Trinajstić information content (AvgIpc) is 2.56. The van der Waals surface area contributed by atoms with Gasteiger partial charge < -0.3 is 4.90 Å². The van der Waals surface area contributed by atoms with Gasteiger partial charge in [-0.15, -0.1) is 0 Å². The number of carbonyl (C=O) groups is 1. The number of nitrogens with zero attached hydrogens (tertiary/aromatic N) is 4. The molecule has 0 atom stereocenters. The van der Waals surface area contributed by atoms with Crippen molar-refractivity contribution in [1.82, 2.24) is 19.8 Å². The van der Waals surface area contributed by atoms with E-state index in [0.29, 0.717) is 23.8 Å². The molecule has 1 aliphatic heterocycles. The van der Waals surface area contributed by atoms with Crippen molar-refractivity contribution < 1.29 is 4.79 Å². The highest BCUT2D eigenvalue weighted by Crippen LogP contribution is 2.13. The van der Waals surface area contributed by atoms with Gasteiger partial charge in [0.2, 0.25) is 0 Å².